The molecule has 4 heteroatoms. The second kappa shape index (κ2) is 8.64. The molecule has 0 saturated heterocycles. The third kappa shape index (κ3) is 5.83. The number of ether oxygens (including phenoxy) is 1. The van der Waals surface area contributed by atoms with Gasteiger partial charge in [-0.3, -0.25) is 4.79 Å². The number of hydrogen-bond acceptors (Lipinski definition) is 3. The van der Waals surface area contributed by atoms with Crippen LogP contribution in [0.3, 0.4) is 0 Å². The van der Waals surface area contributed by atoms with Gasteiger partial charge in [0.05, 0.1) is 13.0 Å². The van der Waals surface area contributed by atoms with Crippen molar-refractivity contribution in [3.63, 3.8) is 0 Å². The Morgan fingerprint density at radius 1 is 1.32 bits per heavy atom. The maximum Gasteiger partial charge on any atom is 0.307 e. The van der Waals surface area contributed by atoms with Crippen LogP contribution in [0.25, 0.3) is 0 Å². The zero-order valence-electron chi connectivity index (χ0n) is 11.6. The van der Waals surface area contributed by atoms with Crippen molar-refractivity contribution in [2.75, 3.05) is 19.7 Å². The van der Waals surface area contributed by atoms with Crippen LogP contribution in [0.4, 0.5) is 4.39 Å². The van der Waals surface area contributed by atoms with Crippen molar-refractivity contribution < 1.29 is 13.9 Å². The number of benzene rings is 1. The smallest absolute Gasteiger partial charge is 0.307 e. The van der Waals surface area contributed by atoms with Crippen LogP contribution in [-0.4, -0.2) is 25.7 Å². The second-order valence-electron chi connectivity index (χ2n) is 4.42. The molecule has 0 saturated carbocycles. The van der Waals surface area contributed by atoms with Gasteiger partial charge in [-0.15, -0.1) is 0 Å². The Kier molecular flexibility index (Phi) is 7.11. The maximum atomic E-state index is 12.9. The summed E-state index contributed by atoms with van der Waals surface area (Å²) in [6.45, 7) is 5.71. The third-order valence-electron chi connectivity index (χ3n) is 3.04. The standard InChI is InChI=1S/C15H22FNO2/c1-3-12(13-5-7-14(16)8-6-13)11-17-10-9-15(18)19-4-2/h5-8,12,17H,3-4,9-11H2,1-2H3. The number of esters is 1. The monoisotopic (exact) mass is 267 g/mol. The average Bonchev–Trinajstić information content (AvgIpc) is 2.41. The van der Waals surface area contributed by atoms with Gasteiger partial charge in [0.25, 0.3) is 0 Å². The summed E-state index contributed by atoms with van der Waals surface area (Å²) in [7, 11) is 0. The summed E-state index contributed by atoms with van der Waals surface area (Å²) in [5.74, 6) is -0.0542. The zero-order chi connectivity index (χ0) is 14.1. The van der Waals surface area contributed by atoms with Crippen molar-refractivity contribution in [2.45, 2.75) is 32.6 Å². The Morgan fingerprint density at radius 2 is 2.00 bits per heavy atom. The molecule has 0 bridgehead atoms. The van der Waals surface area contributed by atoms with Gasteiger partial charge in [0.2, 0.25) is 0 Å². The molecule has 1 N–H and O–H groups in total. The van der Waals surface area contributed by atoms with Gasteiger partial charge in [-0.25, -0.2) is 4.39 Å². The first-order chi connectivity index (χ1) is 9.17. The lowest BCUT2D eigenvalue weighted by atomic mass is 9.96. The number of hydrogen-bond donors (Lipinski definition) is 1. The lowest BCUT2D eigenvalue weighted by Crippen LogP contribution is -2.24. The van der Waals surface area contributed by atoms with Crippen LogP contribution in [0.15, 0.2) is 24.3 Å². The van der Waals surface area contributed by atoms with Gasteiger partial charge in [-0.05, 0) is 37.0 Å². The Hall–Kier alpha value is -1.42. The maximum absolute atomic E-state index is 12.9. The van der Waals surface area contributed by atoms with Gasteiger partial charge in [0.1, 0.15) is 5.82 Å². The highest BCUT2D eigenvalue weighted by molar-refractivity contribution is 5.69. The molecule has 1 unspecified atom stereocenters. The molecule has 0 fully saturated rings. The third-order valence-corrected chi connectivity index (χ3v) is 3.04. The van der Waals surface area contributed by atoms with E-state index < -0.39 is 0 Å². The van der Waals surface area contributed by atoms with E-state index in [1.807, 2.05) is 12.1 Å². The molecule has 19 heavy (non-hydrogen) atoms. The molecule has 1 aromatic rings. The molecular formula is C15H22FNO2. The first-order valence-corrected chi connectivity index (χ1v) is 6.79. The van der Waals surface area contributed by atoms with Crippen molar-refractivity contribution >= 4 is 5.97 Å². The van der Waals surface area contributed by atoms with Gasteiger partial charge in [-0.2, -0.15) is 0 Å². The van der Waals surface area contributed by atoms with Gasteiger partial charge < -0.3 is 10.1 Å². The SMILES string of the molecule is CCOC(=O)CCNCC(CC)c1ccc(F)cc1. The molecule has 0 heterocycles. The normalized spacial score (nSPS) is 12.2. The van der Waals surface area contributed by atoms with Crippen LogP contribution in [-0.2, 0) is 9.53 Å². The van der Waals surface area contributed by atoms with E-state index in [-0.39, 0.29) is 11.8 Å². The predicted molar refractivity (Wildman–Crippen MR) is 73.6 cm³/mol. The van der Waals surface area contributed by atoms with Crippen molar-refractivity contribution in [2.24, 2.45) is 0 Å². The fraction of sp³-hybridized carbons (Fsp3) is 0.533. The van der Waals surface area contributed by atoms with E-state index in [4.69, 9.17) is 4.74 Å². The van der Waals surface area contributed by atoms with Crippen LogP contribution >= 0.6 is 0 Å². The van der Waals surface area contributed by atoms with E-state index in [0.29, 0.717) is 25.5 Å². The number of halogens is 1. The minimum absolute atomic E-state index is 0.176. The summed E-state index contributed by atoms with van der Waals surface area (Å²) in [6.07, 6.45) is 1.35. The van der Waals surface area contributed by atoms with Crippen molar-refractivity contribution in [3.05, 3.63) is 35.6 Å². The highest BCUT2D eigenvalue weighted by atomic mass is 19.1. The first-order valence-electron chi connectivity index (χ1n) is 6.79. The van der Waals surface area contributed by atoms with Crippen LogP contribution in [0.1, 0.15) is 38.2 Å². The topological polar surface area (TPSA) is 38.3 Å². The molecule has 0 aliphatic rings. The van der Waals surface area contributed by atoms with Crippen molar-refractivity contribution in [1.82, 2.24) is 5.32 Å². The molecule has 106 valence electrons. The van der Waals surface area contributed by atoms with Gasteiger partial charge in [-0.1, -0.05) is 19.1 Å². The number of carbonyl (C=O) groups excluding carboxylic acids is 1. The molecular weight excluding hydrogens is 245 g/mol. The van der Waals surface area contributed by atoms with Gasteiger partial charge in [0, 0.05) is 13.1 Å². The molecule has 0 spiro atoms. The summed E-state index contributed by atoms with van der Waals surface area (Å²) < 4.78 is 17.7. The highest BCUT2D eigenvalue weighted by Gasteiger charge is 2.09. The molecule has 1 atom stereocenters. The van der Waals surface area contributed by atoms with Gasteiger partial charge >= 0.3 is 5.97 Å². The van der Waals surface area contributed by atoms with Crippen LogP contribution in [0.5, 0.6) is 0 Å². The van der Waals surface area contributed by atoms with Gasteiger partial charge in [0.15, 0.2) is 0 Å². The molecule has 1 rings (SSSR count). The van der Waals surface area contributed by atoms with Crippen LogP contribution in [0, 0.1) is 5.82 Å². The second-order valence-corrected chi connectivity index (χ2v) is 4.42. The molecule has 0 amide bonds. The summed E-state index contributed by atoms with van der Waals surface area (Å²) in [4.78, 5) is 11.2. The number of carbonyl (C=O) groups is 1. The fourth-order valence-corrected chi connectivity index (χ4v) is 1.93. The quantitative estimate of drug-likeness (QED) is 0.581. The molecule has 0 aliphatic heterocycles. The highest BCUT2D eigenvalue weighted by Crippen LogP contribution is 2.18. The van der Waals surface area contributed by atoms with E-state index in [9.17, 15) is 9.18 Å². The first kappa shape index (κ1) is 15.6. The minimum atomic E-state index is -0.214. The molecule has 0 aliphatic carbocycles. The lowest BCUT2D eigenvalue weighted by molar-refractivity contribution is -0.142. The summed E-state index contributed by atoms with van der Waals surface area (Å²) in [5.41, 5.74) is 1.12. The van der Waals surface area contributed by atoms with E-state index in [1.54, 1.807) is 6.92 Å². The largest absolute Gasteiger partial charge is 0.466 e. The van der Waals surface area contributed by atoms with Crippen LogP contribution in [0.2, 0.25) is 0 Å². The predicted octanol–water partition coefficient (Wildman–Crippen LogP) is 2.86. The summed E-state index contributed by atoms with van der Waals surface area (Å²) in [5, 5.41) is 3.24. The van der Waals surface area contributed by atoms with Crippen molar-refractivity contribution in [3.8, 4) is 0 Å². The zero-order valence-corrected chi connectivity index (χ0v) is 11.6. The fourth-order valence-electron chi connectivity index (χ4n) is 1.93. The Labute approximate surface area is 114 Å². The Bertz CT molecular complexity index is 378. The Balaban J connectivity index is 2.33. The number of nitrogens with one attached hydrogen (secondary N) is 1. The molecule has 0 radical (unpaired) electrons. The molecule has 3 nitrogen and oxygen atoms in total. The van der Waals surface area contributed by atoms with E-state index in [1.165, 1.54) is 12.1 Å². The lowest BCUT2D eigenvalue weighted by Gasteiger charge is -2.16. The molecule has 1 aromatic carbocycles. The Morgan fingerprint density at radius 3 is 2.58 bits per heavy atom. The molecule has 0 aromatic heterocycles. The van der Waals surface area contributed by atoms with Crippen LogP contribution < -0.4 is 5.32 Å². The summed E-state index contributed by atoms with van der Waals surface area (Å²) >= 11 is 0. The van der Waals surface area contributed by atoms with E-state index >= 15 is 0 Å². The van der Waals surface area contributed by atoms with E-state index in [2.05, 4.69) is 12.2 Å². The number of rotatable bonds is 8. The summed E-state index contributed by atoms with van der Waals surface area (Å²) in [6, 6.07) is 6.60. The van der Waals surface area contributed by atoms with E-state index in [0.717, 1.165) is 18.5 Å². The average molecular weight is 267 g/mol. The minimum Gasteiger partial charge on any atom is -0.466 e. The van der Waals surface area contributed by atoms with Crippen molar-refractivity contribution in [1.29, 1.82) is 0 Å².